The number of tetrazole rings is 1. The Kier molecular flexibility index (Phi) is 1.88. The second-order valence-electron chi connectivity index (χ2n) is 3.06. The molecular weight excluding hydrogens is 180 g/mol. The molecular formula is C8H10N6. The molecule has 0 fully saturated rings. The number of aromatic nitrogens is 5. The van der Waals surface area contributed by atoms with Gasteiger partial charge in [0.1, 0.15) is 5.69 Å². The van der Waals surface area contributed by atoms with Gasteiger partial charge in [-0.2, -0.15) is 0 Å². The summed E-state index contributed by atoms with van der Waals surface area (Å²) in [5.74, 6) is 0.641. The molecule has 0 atom stereocenters. The van der Waals surface area contributed by atoms with Crippen molar-refractivity contribution < 1.29 is 0 Å². The number of rotatable bonds is 1. The summed E-state index contributed by atoms with van der Waals surface area (Å²) in [6.45, 7) is 1.92. The monoisotopic (exact) mass is 190 g/mol. The summed E-state index contributed by atoms with van der Waals surface area (Å²) in [4.78, 5) is 4.19. The van der Waals surface area contributed by atoms with Crippen LogP contribution in [0.4, 0.5) is 5.69 Å². The van der Waals surface area contributed by atoms with Crippen LogP contribution >= 0.6 is 0 Å². The Morgan fingerprint density at radius 3 is 2.79 bits per heavy atom. The molecule has 2 rings (SSSR count). The van der Waals surface area contributed by atoms with Crippen molar-refractivity contribution in [3.63, 3.8) is 0 Å². The fourth-order valence-electron chi connectivity index (χ4n) is 1.26. The minimum Gasteiger partial charge on any atom is -0.397 e. The van der Waals surface area contributed by atoms with Crippen molar-refractivity contribution in [2.24, 2.45) is 7.05 Å². The Labute approximate surface area is 80.8 Å². The molecule has 0 saturated carbocycles. The van der Waals surface area contributed by atoms with E-state index in [1.165, 1.54) is 0 Å². The lowest BCUT2D eigenvalue weighted by molar-refractivity contribution is 0.713. The normalized spacial score (nSPS) is 10.4. The van der Waals surface area contributed by atoms with Gasteiger partial charge in [0.25, 0.3) is 0 Å². The summed E-state index contributed by atoms with van der Waals surface area (Å²) in [6, 6.07) is 1.84. The van der Waals surface area contributed by atoms with Crippen LogP contribution in [-0.2, 0) is 7.05 Å². The highest BCUT2D eigenvalue weighted by atomic mass is 15.5. The van der Waals surface area contributed by atoms with Crippen LogP contribution in [0.3, 0.4) is 0 Å². The lowest BCUT2D eigenvalue weighted by atomic mass is 10.2. The first-order chi connectivity index (χ1) is 6.68. The number of nitrogen functional groups attached to an aromatic ring is 1. The fraction of sp³-hybridized carbons (Fsp3) is 0.250. The zero-order chi connectivity index (χ0) is 10.1. The third-order valence-electron chi connectivity index (χ3n) is 1.93. The van der Waals surface area contributed by atoms with Gasteiger partial charge in [-0.1, -0.05) is 0 Å². The zero-order valence-corrected chi connectivity index (χ0v) is 7.97. The van der Waals surface area contributed by atoms with Crippen molar-refractivity contribution >= 4 is 5.69 Å². The quantitative estimate of drug-likeness (QED) is 0.692. The van der Waals surface area contributed by atoms with Gasteiger partial charge >= 0.3 is 0 Å². The van der Waals surface area contributed by atoms with Crippen LogP contribution in [-0.4, -0.2) is 25.2 Å². The van der Waals surface area contributed by atoms with Gasteiger partial charge in [-0.05, 0) is 29.0 Å². The van der Waals surface area contributed by atoms with E-state index in [0.717, 1.165) is 11.3 Å². The van der Waals surface area contributed by atoms with E-state index in [1.54, 1.807) is 17.9 Å². The fourth-order valence-corrected chi connectivity index (χ4v) is 1.26. The molecule has 0 aliphatic rings. The van der Waals surface area contributed by atoms with Gasteiger partial charge in [0.15, 0.2) is 0 Å². The lowest BCUT2D eigenvalue weighted by Gasteiger charge is -2.02. The number of nitrogens with two attached hydrogens (primary N) is 1. The van der Waals surface area contributed by atoms with Gasteiger partial charge in [-0.25, -0.2) is 4.68 Å². The Balaban J connectivity index is 2.58. The van der Waals surface area contributed by atoms with Gasteiger partial charge in [0.2, 0.25) is 5.82 Å². The van der Waals surface area contributed by atoms with E-state index in [2.05, 4.69) is 20.5 Å². The second-order valence-corrected chi connectivity index (χ2v) is 3.06. The Bertz CT molecular complexity index is 461. The first kappa shape index (κ1) is 8.61. The predicted octanol–water partition coefficient (Wildman–Crippen LogP) is 0.163. The molecule has 0 spiro atoms. The van der Waals surface area contributed by atoms with Gasteiger partial charge < -0.3 is 5.73 Å². The van der Waals surface area contributed by atoms with E-state index in [4.69, 9.17) is 5.73 Å². The average Bonchev–Trinajstić information content (AvgIpc) is 2.52. The maximum Gasteiger partial charge on any atom is 0.200 e. The van der Waals surface area contributed by atoms with Crippen molar-refractivity contribution in [2.45, 2.75) is 6.92 Å². The molecule has 0 radical (unpaired) electrons. The minimum atomic E-state index is 0.640. The summed E-state index contributed by atoms with van der Waals surface area (Å²) >= 11 is 0. The van der Waals surface area contributed by atoms with Crippen LogP contribution in [0.5, 0.6) is 0 Å². The molecule has 6 heteroatoms. The summed E-state index contributed by atoms with van der Waals surface area (Å²) in [5.41, 5.74) is 7.96. The van der Waals surface area contributed by atoms with E-state index < -0.39 is 0 Å². The first-order valence-electron chi connectivity index (χ1n) is 4.13. The van der Waals surface area contributed by atoms with Gasteiger partial charge in [-0.15, -0.1) is 5.10 Å². The summed E-state index contributed by atoms with van der Waals surface area (Å²) < 4.78 is 1.57. The molecule has 0 unspecified atom stereocenters. The van der Waals surface area contributed by atoms with E-state index in [1.807, 2.05) is 13.0 Å². The van der Waals surface area contributed by atoms with Gasteiger partial charge in [0.05, 0.1) is 11.9 Å². The summed E-state index contributed by atoms with van der Waals surface area (Å²) in [6.07, 6.45) is 1.59. The van der Waals surface area contributed by atoms with Crippen molar-refractivity contribution in [1.82, 2.24) is 25.2 Å². The molecule has 14 heavy (non-hydrogen) atoms. The van der Waals surface area contributed by atoms with Gasteiger partial charge in [0, 0.05) is 7.05 Å². The largest absolute Gasteiger partial charge is 0.397 e. The zero-order valence-electron chi connectivity index (χ0n) is 7.97. The standard InChI is InChI=1S/C8H10N6/c1-5-3-6(9)4-10-7(5)8-11-12-13-14(8)2/h3-4H,9H2,1-2H3. The molecule has 2 aromatic heterocycles. The molecule has 0 amide bonds. The highest BCUT2D eigenvalue weighted by Gasteiger charge is 2.09. The van der Waals surface area contributed by atoms with Crippen molar-refractivity contribution in [1.29, 1.82) is 0 Å². The van der Waals surface area contributed by atoms with Crippen LogP contribution in [0.1, 0.15) is 5.56 Å². The number of hydrogen-bond acceptors (Lipinski definition) is 5. The van der Waals surface area contributed by atoms with E-state index >= 15 is 0 Å². The molecule has 2 N–H and O–H groups in total. The Hall–Kier alpha value is -1.98. The number of anilines is 1. The third-order valence-corrected chi connectivity index (χ3v) is 1.93. The Morgan fingerprint density at radius 1 is 1.43 bits per heavy atom. The molecule has 2 aromatic rings. The third kappa shape index (κ3) is 1.30. The summed E-state index contributed by atoms with van der Waals surface area (Å²) in [7, 11) is 1.77. The smallest absolute Gasteiger partial charge is 0.200 e. The molecule has 0 aliphatic heterocycles. The highest BCUT2D eigenvalue weighted by molar-refractivity contribution is 5.57. The first-order valence-corrected chi connectivity index (χ1v) is 4.13. The molecule has 2 heterocycles. The van der Waals surface area contributed by atoms with E-state index in [-0.39, 0.29) is 0 Å². The van der Waals surface area contributed by atoms with Crippen LogP contribution < -0.4 is 5.73 Å². The average molecular weight is 190 g/mol. The van der Waals surface area contributed by atoms with Gasteiger partial charge in [-0.3, -0.25) is 4.98 Å². The van der Waals surface area contributed by atoms with Crippen molar-refractivity contribution in [3.05, 3.63) is 17.8 Å². The molecule has 6 nitrogen and oxygen atoms in total. The van der Waals surface area contributed by atoms with Crippen LogP contribution in [0.15, 0.2) is 12.3 Å². The topological polar surface area (TPSA) is 82.5 Å². The lowest BCUT2D eigenvalue weighted by Crippen LogP contribution is -1.99. The molecule has 0 bridgehead atoms. The number of aryl methyl sites for hydroxylation is 2. The number of pyridine rings is 1. The molecule has 0 aromatic carbocycles. The Morgan fingerprint density at radius 2 is 2.21 bits per heavy atom. The predicted molar refractivity (Wildman–Crippen MR) is 51.2 cm³/mol. The minimum absolute atomic E-state index is 0.640. The SMILES string of the molecule is Cc1cc(N)cnc1-c1nnnn1C. The highest BCUT2D eigenvalue weighted by Crippen LogP contribution is 2.18. The van der Waals surface area contributed by atoms with Crippen molar-refractivity contribution in [3.8, 4) is 11.5 Å². The van der Waals surface area contributed by atoms with E-state index in [0.29, 0.717) is 11.5 Å². The maximum atomic E-state index is 5.60. The second kappa shape index (κ2) is 3.06. The number of nitrogens with zero attached hydrogens (tertiary/aromatic N) is 5. The van der Waals surface area contributed by atoms with Crippen LogP contribution in [0, 0.1) is 6.92 Å². The molecule has 72 valence electrons. The maximum absolute atomic E-state index is 5.60. The van der Waals surface area contributed by atoms with Crippen LogP contribution in [0.2, 0.25) is 0 Å². The van der Waals surface area contributed by atoms with Crippen LogP contribution in [0.25, 0.3) is 11.5 Å². The molecule has 0 saturated heterocycles. The number of hydrogen-bond donors (Lipinski definition) is 1. The summed E-state index contributed by atoms with van der Waals surface area (Å²) in [5, 5.41) is 11.2. The van der Waals surface area contributed by atoms with Crippen molar-refractivity contribution in [2.75, 3.05) is 5.73 Å². The van der Waals surface area contributed by atoms with E-state index in [9.17, 15) is 0 Å². The molecule has 0 aliphatic carbocycles.